The van der Waals surface area contributed by atoms with Gasteiger partial charge in [-0.15, -0.1) is 23.1 Å². The lowest BCUT2D eigenvalue weighted by atomic mass is 10.1. The summed E-state index contributed by atoms with van der Waals surface area (Å²) < 4.78 is 0.884. The number of thioether (sulfide) groups is 1. The van der Waals surface area contributed by atoms with Crippen molar-refractivity contribution in [1.82, 2.24) is 0 Å². The third kappa shape index (κ3) is 1.94. The summed E-state index contributed by atoms with van der Waals surface area (Å²) in [6.07, 6.45) is 1.27. The second kappa shape index (κ2) is 4.33. The zero-order valence-electron chi connectivity index (χ0n) is 8.20. The van der Waals surface area contributed by atoms with Crippen LogP contribution in [-0.2, 0) is 0 Å². The van der Waals surface area contributed by atoms with Crippen LogP contribution in [0, 0.1) is 6.92 Å². The van der Waals surface area contributed by atoms with E-state index in [1.54, 1.807) is 13.8 Å². The van der Waals surface area contributed by atoms with Gasteiger partial charge in [-0.1, -0.05) is 0 Å². The van der Waals surface area contributed by atoms with E-state index in [-0.39, 0.29) is 0 Å². The van der Waals surface area contributed by atoms with Gasteiger partial charge in [0.25, 0.3) is 0 Å². The van der Waals surface area contributed by atoms with Crippen LogP contribution < -0.4 is 0 Å². The number of aliphatic hydroxyl groups is 1. The van der Waals surface area contributed by atoms with Crippen molar-refractivity contribution in [3.05, 3.63) is 16.0 Å². The summed E-state index contributed by atoms with van der Waals surface area (Å²) in [5.41, 5.74) is 1.43. The molecule has 1 aromatic heterocycles. The van der Waals surface area contributed by atoms with E-state index in [4.69, 9.17) is 5.11 Å². The van der Waals surface area contributed by atoms with Crippen molar-refractivity contribution in [2.24, 2.45) is 0 Å². The van der Waals surface area contributed by atoms with Crippen molar-refractivity contribution in [2.45, 2.75) is 24.2 Å². The third-order valence-corrected chi connectivity index (χ3v) is 4.39. The van der Waals surface area contributed by atoms with Crippen molar-refractivity contribution >= 4 is 29.1 Å². The van der Waals surface area contributed by atoms with Crippen LogP contribution in [0.2, 0.25) is 0 Å². The van der Waals surface area contributed by atoms with Gasteiger partial charge in [0.05, 0.1) is 10.3 Å². The molecule has 0 aliphatic rings. The highest BCUT2D eigenvalue weighted by molar-refractivity contribution is 8.00. The van der Waals surface area contributed by atoms with Gasteiger partial charge in [-0.3, -0.25) is 0 Å². The first-order chi connectivity index (χ1) is 6.49. The summed E-state index contributed by atoms with van der Waals surface area (Å²) in [6, 6.07) is 0. The lowest BCUT2D eigenvalue weighted by Gasteiger charge is -2.05. The highest BCUT2D eigenvalue weighted by Crippen LogP contribution is 2.38. The molecule has 0 radical (unpaired) electrons. The summed E-state index contributed by atoms with van der Waals surface area (Å²) in [5.74, 6) is -0.922. The fourth-order valence-corrected chi connectivity index (χ4v) is 3.44. The van der Waals surface area contributed by atoms with E-state index in [2.05, 4.69) is 0 Å². The minimum atomic E-state index is -0.922. The summed E-state index contributed by atoms with van der Waals surface area (Å²) in [7, 11) is 0. The normalized spacial score (nSPS) is 12.9. The minimum Gasteiger partial charge on any atom is -0.477 e. The molecule has 0 amide bonds. The van der Waals surface area contributed by atoms with Gasteiger partial charge in [-0.25, -0.2) is 4.79 Å². The molecule has 0 saturated carbocycles. The smallest absolute Gasteiger partial charge is 0.346 e. The molecule has 0 fully saturated rings. The number of aliphatic hydroxyl groups excluding tert-OH is 1. The topological polar surface area (TPSA) is 57.5 Å². The molecule has 0 unspecified atom stereocenters. The molecule has 1 atom stereocenters. The van der Waals surface area contributed by atoms with Crippen LogP contribution in [-0.4, -0.2) is 22.4 Å². The number of aromatic carboxylic acids is 1. The molecule has 5 heteroatoms. The number of carboxylic acids is 1. The van der Waals surface area contributed by atoms with Gasteiger partial charge in [-0.05, 0) is 25.7 Å². The number of hydrogen-bond donors (Lipinski definition) is 2. The second-order valence-electron chi connectivity index (χ2n) is 2.94. The summed E-state index contributed by atoms with van der Waals surface area (Å²) >= 11 is 2.70. The van der Waals surface area contributed by atoms with Crippen molar-refractivity contribution in [3.8, 4) is 0 Å². The Kier molecular flexibility index (Phi) is 3.58. The number of thiophene rings is 1. The van der Waals surface area contributed by atoms with Gasteiger partial charge in [0.15, 0.2) is 0 Å². The quantitative estimate of drug-likeness (QED) is 0.786. The fourth-order valence-electron chi connectivity index (χ4n) is 1.34. The van der Waals surface area contributed by atoms with Gasteiger partial charge in [-0.2, -0.15) is 0 Å². The molecule has 3 nitrogen and oxygen atoms in total. The predicted molar refractivity (Wildman–Crippen MR) is 58.4 cm³/mol. The first-order valence-corrected chi connectivity index (χ1v) is 6.11. The van der Waals surface area contributed by atoms with Crippen LogP contribution in [0.25, 0.3) is 0 Å². The molecular weight excluding hydrogens is 220 g/mol. The maximum absolute atomic E-state index is 10.8. The molecule has 1 heterocycles. The van der Waals surface area contributed by atoms with Crippen LogP contribution in [0.1, 0.15) is 33.8 Å². The Hall–Kier alpha value is -0.520. The van der Waals surface area contributed by atoms with Gasteiger partial charge < -0.3 is 10.2 Å². The van der Waals surface area contributed by atoms with E-state index in [0.717, 1.165) is 9.77 Å². The van der Waals surface area contributed by atoms with E-state index in [0.29, 0.717) is 10.4 Å². The predicted octanol–water partition coefficient (Wildman–Crippen LogP) is 2.53. The fraction of sp³-hybridized carbons (Fsp3) is 0.444. The molecule has 2 N–H and O–H groups in total. The highest BCUT2D eigenvalue weighted by Gasteiger charge is 2.21. The number of carbonyl (C=O) groups is 1. The lowest BCUT2D eigenvalue weighted by molar-refractivity contribution is 0.0701. The largest absolute Gasteiger partial charge is 0.477 e. The second-order valence-corrected chi connectivity index (χ2v) is 5.04. The summed E-state index contributed by atoms with van der Waals surface area (Å²) in [5, 5.41) is 18.4. The van der Waals surface area contributed by atoms with Gasteiger partial charge in [0.1, 0.15) is 4.88 Å². The van der Waals surface area contributed by atoms with E-state index < -0.39 is 12.1 Å². The van der Waals surface area contributed by atoms with Gasteiger partial charge in [0.2, 0.25) is 0 Å². The molecule has 0 bridgehead atoms. The molecule has 0 aliphatic heterocycles. The van der Waals surface area contributed by atoms with Crippen LogP contribution in [0.15, 0.2) is 4.21 Å². The maximum atomic E-state index is 10.8. The molecule has 0 aromatic carbocycles. The lowest BCUT2D eigenvalue weighted by Crippen LogP contribution is -1.98. The van der Waals surface area contributed by atoms with E-state index in [9.17, 15) is 9.90 Å². The molecule has 78 valence electrons. The highest BCUT2D eigenvalue weighted by atomic mass is 32.2. The van der Waals surface area contributed by atoms with E-state index >= 15 is 0 Å². The maximum Gasteiger partial charge on any atom is 0.346 e. The molecular formula is C9H12O3S2. The SMILES string of the molecule is CSc1sc(C(=O)O)c(C)c1[C@H](C)O. The third-order valence-electron chi connectivity index (χ3n) is 1.96. The number of carboxylic acid groups (broad SMARTS) is 1. The zero-order valence-corrected chi connectivity index (χ0v) is 9.83. The van der Waals surface area contributed by atoms with E-state index in [1.807, 2.05) is 6.26 Å². The first kappa shape index (κ1) is 11.6. The monoisotopic (exact) mass is 232 g/mol. The number of rotatable bonds is 3. The van der Waals surface area contributed by atoms with E-state index in [1.165, 1.54) is 23.1 Å². The Labute approximate surface area is 90.8 Å². The Bertz CT molecular complexity index is 355. The Morgan fingerprint density at radius 3 is 2.43 bits per heavy atom. The van der Waals surface area contributed by atoms with Crippen molar-refractivity contribution < 1.29 is 15.0 Å². The molecule has 0 spiro atoms. The number of hydrogen-bond acceptors (Lipinski definition) is 4. The van der Waals surface area contributed by atoms with Gasteiger partial charge >= 0.3 is 5.97 Å². The molecule has 1 rings (SSSR count). The molecule has 0 aliphatic carbocycles. The Morgan fingerprint density at radius 2 is 2.14 bits per heavy atom. The van der Waals surface area contributed by atoms with Crippen LogP contribution in [0.5, 0.6) is 0 Å². The molecule has 0 saturated heterocycles. The average molecular weight is 232 g/mol. The standard InChI is InChI=1S/C9H12O3S2/c1-4-6(5(2)10)9(13-3)14-7(4)8(11)12/h5,10H,1-3H3,(H,11,12)/t5-/m0/s1. The van der Waals surface area contributed by atoms with Crippen molar-refractivity contribution in [1.29, 1.82) is 0 Å². The molecule has 1 aromatic rings. The average Bonchev–Trinajstić information content (AvgIpc) is 2.42. The van der Waals surface area contributed by atoms with Crippen LogP contribution in [0.4, 0.5) is 0 Å². The first-order valence-electron chi connectivity index (χ1n) is 4.07. The Balaban J connectivity index is 3.33. The zero-order chi connectivity index (χ0) is 10.9. The Morgan fingerprint density at radius 1 is 1.57 bits per heavy atom. The molecule has 14 heavy (non-hydrogen) atoms. The van der Waals surface area contributed by atoms with Gasteiger partial charge in [0, 0.05) is 5.56 Å². The van der Waals surface area contributed by atoms with Crippen molar-refractivity contribution in [2.75, 3.05) is 6.26 Å². The van der Waals surface area contributed by atoms with Crippen LogP contribution in [0.3, 0.4) is 0 Å². The van der Waals surface area contributed by atoms with Crippen molar-refractivity contribution in [3.63, 3.8) is 0 Å². The van der Waals surface area contributed by atoms with Crippen LogP contribution >= 0.6 is 23.1 Å². The summed E-state index contributed by atoms with van der Waals surface area (Å²) in [6.45, 7) is 3.39. The minimum absolute atomic E-state index is 0.324. The summed E-state index contributed by atoms with van der Waals surface area (Å²) in [4.78, 5) is 11.2.